The molecule has 2 amide bonds. The largest absolute Gasteiger partial charge is 0.492 e. The average Bonchev–Trinajstić information content (AvgIpc) is 3.20. The molecule has 0 atom stereocenters. The molecule has 1 aliphatic rings. The molecule has 0 radical (unpaired) electrons. The number of nitrogens with one attached hydrogen (secondary N) is 1. The van der Waals surface area contributed by atoms with Gasteiger partial charge >= 0.3 is 0 Å². The monoisotopic (exact) mass is 347 g/mol. The maximum Gasteiger partial charge on any atom is 0.270 e. The lowest BCUT2D eigenvalue weighted by molar-refractivity contribution is -0.117. The highest BCUT2D eigenvalue weighted by atomic mass is 16.3. The summed E-state index contributed by atoms with van der Waals surface area (Å²) in [6.07, 6.45) is 1.60. The SMILES string of the molecule is CC(C)Cn1c(=O)c(C(=O)NC2CC2)c(O)n2nc(CC(N)=O)cc12. The molecule has 134 valence electrons. The average molecular weight is 347 g/mol. The number of fused-ring (bicyclic) bond motifs is 1. The quantitative estimate of drug-likeness (QED) is 0.664. The number of carbonyl (C=O) groups excluding carboxylic acids is 2. The fourth-order valence-electron chi connectivity index (χ4n) is 2.70. The topological polar surface area (TPSA) is 132 Å². The van der Waals surface area contributed by atoms with Gasteiger partial charge in [-0.25, -0.2) is 0 Å². The minimum Gasteiger partial charge on any atom is -0.492 e. The molecule has 2 heterocycles. The molecule has 3 rings (SSSR count). The van der Waals surface area contributed by atoms with Crippen LogP contribution in [0.4, 0.5) is 0 Å². The predicted octanol–water partition coefficient (Wildman–Crippen LogP) is -0.222. The van der Waals surface area contributed by atoms with E-state index in [2.05, 4.69) is 10.4 Å². The Kier molecular flexibility index (Phi) is 4.23. The third-order valence-corrected chi connectivity index (χ3v) is 3.94. The lowest BCUT2D eigenvalue weighted by atomic mass is 10.2. The Hall–Kier alpha value is -2.84. The van der Waals surface area contributed by atoms with Gasteiger partial charge in [-0.05, 0) is 18.8 Å². The Bertz CT molecular complexity index is 907. The van der Waals surface area contributed by atoms with Gasteiger partial charge in [-0.1, -0.05) is 13.8 Å². The molecular formula is C16H21N5O4. The fraction of sp³-hybridized carbons (Fsp3) is 0.500. The molecule has 0 aromatic carbocycles. The van der Waals surface area contributed by atoms with E-state index in [1.165, 1.54) is 10.6 Å². The summed E-state index contributed by atoms with van der Waals surface area (Å²) in [6.45, 7) is 4.20. The molecule has 0 saturated heterocycles. The first-order valence-corrected chi connectivity index (χ1v) is 8.21. The van der Waals surface area contributed by atoms with Crippen LogP contribution in [0.1, 0.15) is 42.7 Å². The lowest BCUT2D eigenvalue weighted by Gasteiger charge is -2.14. The van der Waals surface area contributed by atoms with Crippen LogP contribution in [0.3, 0.4) is 0 Å². The first-order chi connectivity index (χ1) is 11.8. The summed E-state index contributed by atoms with van der Waals surface area (Å²) in [5, 5.41) is 17.3. The zero-order chi connectivity index (χ0) is 18.3. The third-order valence-electron chi connectivity index (χ3n) is 3.94. The fourth-order valence-corrected chi connectivity index (χ4v) is 2.70. The van der Waals surface area contributed by atoms with Gasteiger partial charge in [0.1, 0.15) is 5.65 Å². The number of aromatic nitrogens is 3. The van der Waals surface area contributed by atoms with Crippen LogP contribution in [0.25, 0.3) is 5.65 Å². The van der Waals surface area contributed by atoms with E-state index in [4.69, 9.17) is 5.73 Å². The molecule has 9 nitrogen and oxygen atoms in total. The molecule has 1 saturated carbocycles. The Morgan fingerprint density at radius 3 is 2.68 bits per heavy atom. The normalized spacial score (nSPS) is 14.2. The first kappa shape index (κ1) is 17.0. The van der Waals surface area contributed by atoms with Crippen molar-refractivity contribution < 1.29 is 14.7 Å². The number of hydrogen-bond donors (Lipinski definition) is 3. The van der Waals surface area contributed by atoms with Crippen LogP contribution in [-0.4, -0.2) is 37.1 Å². The highest BCUT2D eigenvalue weighted by molar-refractivity contribution is 5.96. The van der Waals surface area contributed by atoms with Gasteiger partial charge in [-0.3, -0.25) is 19.0 Å². The number of nitrogens with two attached hydrogens (primary N) is 1. The summed E-state index contributed by atoms with van der Waals surface area (Å²) in [5.74, 6) is -1.60. The standard InChI is InChI=1S/C16H21N5O4/c1-8(2)7-20-12-6-10(5-11(17)22)19-21(12)16(25)13(15(20)24)14(23)18-9-3-4-9/h6,8-9,25H,3-5,7H2,1-2H3,(H2,17,22)(H,18,23). The summed E-state index contributed by atoms with van der Waals surface area (Å²) in [7, 11) is 0. The van der Waals surface area contributed by atoms with Gasteiger partial charge < -0.3 is 16.2 Å². The van der Waals surface area contributed by atoms with Gasteiger partial charge in [0.2, 0.25) is 11.8 Å². The zero-order valence-electron chi connectivity index (χ0n) is 14.2. The predicted molar refractivity (Wildman–Crippen MR) is 89.3 cm³/mol. The Morgan fingerprint density at radius 2 is 2.12 bits per heavy atom. The van der Waals surface area contributed by atoms with E-state index in [1.807, 2.05) is 13.8 Å². The van der Waals surface area contributed by atoms with Crippen molar-refractivity contribution in [1.29, 1.82) is 0 Å². The summed E-state index contributed by atoms with van der Waals surface area (Å²) in [5.41, 5.74) is 4.90. The maximum absolute atomic E-state index is 12.8. The second kappa shape index (κ2) is 6.23. The molecule has 0 bridgehead atoms. The van der Waals surface area contributed by atoms with Crippen LogP contribution in [-0.2, 0) is 17.8 Å². The maximum atomic E-state index is 12.8. The van der Waals surface area contributed by atoms with Crippen molar-refractivity contribution in [3.05, 3.63) is 27.7 Å². The van der Waals surface area contributed by atoms with Crippen molar-refractivity contribution in [2.45, 2.75) is 45.7 Å². The Morgan fingerprint density at radius 1 is 1.44 bits per heavy atom. The van der Waals surface area contributed by atoms with Crippen molar-refractivity contribution >= 4 is 17.5 Å². The summed E-state index contributed by atoms with van der Waals surface area (Å²) >= 11 is 0. The Balaban J connectivity index is 2.19. The van der Waals surface area contributed by atoms with Crippen LogP contribution >= 0.6 is 0 Å². The van der Waals surface area contributed by atoms with E-state index >= 15 is 0 Å². The number of nitrogens with zero attached hydrogens (tertiary/aromatic N) is 3. The van der Waals surface area contributed by atoms with E-state index in [0.29, 0.717) is 17.9 Å². The molecular weight excluding hydrogens is 326 g/mol. The van der Waals surface area contributed by atoms with Gasteiger partial charge in [0.15, 0.2) is 5.56 Å². The van der Waals surface area contributed by atoms with E-state index in [1.54, 1.807) is 0 Å². The second-order valence-electron chi connectivity index (χ2n) is 6.80. The molecule has 9 heteroatoms. The van der Waals surface area contributed by atoms with Gasteiger partial charge in [0, 0.05) is 18.7 Å². The number of amides is 2. The molecule has 1 aliphatic carbocycles. The van der Waals surface area contributed by atoms with Crippen LogP contribution in [0.5, 0.6) is 5.88 Å². The van der Waals surface area contributed by atoms with Crippen molar-refractivity contribution in [3.8, 4) is 5.88 Å². The molecule has 1 fully saturated rings. The van der Waals surface area contributed by atoms with Crippen molar-refractivity contribution in [2.75, 3.05) is 0 Å². The van der Waals surface area contributed by atoms with E-state index in [9.17, 15) is 19.5 Å². The van der Waals surface area contributed by atoms with Crippen molar-refractivity contribution in [3.63, 3.8) is 0 Å². The van der Waals surface area contributed by atoms with Gasteiger partial charge in [0.25, 0.3) is 11.5 Å². The van der Waals surface area contributed by atoms with Crippen LogP contribution < -0.4 is 16.6 Å². The van der Waals surface area contributed by atoms with Crippen molar-refractivity contribution in [2.24, 2.45) is 11.7 Å². The van der Waals surface area contributed by atoms with Crippen LogP contribution in [0.2, 0.25) is 0 Å². The summed E-state index contributed by atoms with van der Waals surface area (Å²) in [6, 6.07) is 1.57. The number of primary amides is 1. The highest BCUT2D eigenvalue weighted by Crippen LogP contribution is 2.22. The molecule has 0 aliphatic heterocycles. The number of hydrogen-bond acceptors (Lipinski definition) is 5. The molecule has 0 unspecified atom stereocenters. The van der Waals surface area contributed by atoms with Crippen molar-refractivity contribution in [1.82, 2.24) is 19.5 Å². The smallest absolute Gasteiger partial charge is 0.270 e. The van der Waals surface area contributed by atoms with E-state index < -0.39 is 23.3 Å². The number of aromatic hydroxyl groups is 1. The molecule has 2 aromatic rings. The number of rotatable bonds is 6. The van der Waals surface area contributed by atoms with E-state index in [0.717, 1.165) is 17.4 Å². The van der Waals surface area contributed by atoms with Gasteiger partial charge in [-0.2, -0.15) is 9.61 Å². The summed E-state index contributed by atoms with van der Waals surface area (Å²) < 4.78 is 2.51. The molecule has 25 heavy (non-hydrogen) atoms. The summed E-state index contributed by atoms with van der Waals surface area (Å²) in [4.78, 5) is 36.4. The lowest BCUT2D eigenvalue weighted by Crippen LogP contribution is -2.36. The second-order valence-corrected chi connectivity index (χ2v) is 6.80. The third kappa shape index (κ3) is 3.35. The minimum atomic E-state index is -0.614. The highest BCUT2D eigenvalue weighted by Gasteiger charge is 2.29. The minimum absolute atomic E-state index is 0.0450. The zero-order valence-corrected chi connectivity index (χ0v) is 14.2. The Labute approximate surface area is 143 Å². The molecule has 0 spiro atoms. The van der Waals surface area contributed by atoms with E-state index in [-0.39, 0.29) is 23.9 Å². The van der Waals surface area contributed by atoms with Gasteiger partial charge in [-0.15, -0.1) is 0 Å². The molecule has 4 N–H and O–H groups in total. The first-order valence-electron chi connectivity index (χ1n) is 8.21. The van der Waals surface area contributed by atoms with Gasteiger partial charge in [0.05, 0.1) is 12.1 Å². The molecule has 2 aromatic heterocycles. The van der Waals surface area contributed by atoms with Crippen LogP contribution in [0.15, 0.2) is 10.9 Å². The number of carbonyl (C=O) groups is 2. The van der Waals surface area contributed by atoms with Crippen LogP contribution in [0, 0.1) is 5.92 Å².